The van der Waals surface area contributed by atoms with Gasteiger partial charge in [0.2, 0.25) is 0 Å². The quantitative estimate of drug-likeness (QED) is 0.791. The van der Waals surface area contributed by atoms with Crippen LogP contribution in [-0.4, -0.2) is 22.9 Å². The summed E-state index contributed by atoms with van der Waals surface area (Å²) in [7, 11) is 0. The summed E-state index contributed by atoms with van der Waals surface area (Å²) in [5, 5.41) is 7.91. The number of benzene rings is 1. The molecule has 2 aromatic rings. The highest BCUT2D eigenvalue weighted by molar-refractivity contribution is 9.10. The molecular formula is C16H22BrN3O. The molecule has 4 nitrogen and oxygen atoms in total. The number of rotatable bonds is 8. The lowest BCUT2D eigenvalue weighted by Crippen LogP contribution is -2.19. The maximum absolute atomic E-state index is 5.69. The molecule has 114 valence electrons. The van der Waals surface area contributed by atoms with Crippen LogP contribution in [0.15, 0.2) is 41.0 Å². The van der Waals surface area contributed by atoms with E-state index in [2.05, 4.69) is 40.2 Å². The summed E-state index contributed by atoms with van der Waals surface area (Å²) >= 11 is 3.41. The van der Waals surface area contributed by atoms with E-state index in [1.165, 1.54) is 0 Å². The van der Waals surface area contributed by atoms with Crippen LogP contribution in [0.3, 0.4) is 0 Å². The van der Waals surface area contributed by atoms with E-state index >= 15 is 0 Å². The molecule has 1 aromatic carbocycles. The first-order valence-electron chi connectivity index (χ1n) is 7.25. The van der Waals surface area contributed by atoms with Gasteiger partial charge in [-0.05, 0) is 42.8 Å². The van der Waals surface area contributed by atoms with Gasteiger partial charge in [0, 0.05) is 17.2 Å². The molecule has 0 aliphatic heterocycles. The zero-order chi connectivity index (χ0) is 15.1. The van der Waals surface area contributed by atoms with Crippen LogP contribution in [0.1, 0.15) is 19.5 Å². The second-order valence-corrected chi connectivity index (χ2v) is 6.31. The third-order valence-corrected chi connectivity index (χ3v) is 3.49. The Balaban J connectivity index is 1.71. The van der Waals surface area contributed by atoms with E-state index in [0.29, 0.717) is 12.5 Å². The fourth-order valence-electron chi connectivity index (χ4n) is 1.90. The molecule has 1 heterocycles. The first kappa shape index (κ1) is 16.0. The van der Waals surface area contributed by atoms with E-state index in [1.807, 2.05) is 41.2 Å². The minimum atomic E-state index is 0.613. The number of hydrogen-bond donors (Lipinski definition) is 1. The minimum Gasteiger partial charge on any atom is -0.492 e. The Bertz CT molecular complexity index is 537. The number of nitrogens with one attached hydrogen (secondary N) is 1. The molecule has 0 fully saturated rings. The molecule has 0 aliphatic carbocycles. The molecule has 0 radical (unpaired) electrons. The van der Waals surface area contributed by atoms with Gasteiger partial charge < -0.3 is 10.1 Å². The van der Waals surface area contributed by atoms with Crippen LogP contribution in [0.2, 0.25) is 0 Å². The normalized spacial score (nSPS) is 11.0. The first-order valence-corrected chi connectivity index (χ1v) is 8.04. The van der Waals surface area contributed by atoms with Crippen molar-refractivity contribution in [2.45, 2.75) is 26.9 Å². The van der Waals surface area contributed by atoms with Crippen molar-refractivity contribution in [3.63, 3.8) is 0 Å². The molecular weight excluding hydrogens is 330 g/mol. The predicted octanol–water partition coefficient (Wildman–Crippen LogP) is 3.47. The van der Waals surface area contributed by atoms with Crippen molar-refractivity contribution in [3.05, 3.63) is 46.7 Å². The van der Waals surface area contributed by atoms with Gasteiger partial charge in [0.25, 0.3) is 0 Å². The van der Waals surface area contributed by atoms with E-state index in [-0.39, 0.29) is 0 Å². The smallest absolute Gasteiger partial charge is 0.119 e. The first-order chi connectivity index (χ1) is 10.1. The van der Waals surface area contributed by atoms with Crippen molar-refractivity contribution in [1.82, 2.24) is 15.1 Å². The number of hydrogen-bond acceptors (Lipinski definition) is 3. The Labute approximate surface area is 134 Å². The summed E-state index contributed by atoms with van der Waals surface area (Å²) in [5.74, 6) is 1.54. The molecule has 0 spiro atoms. The fourth-order valence-corrected chi connectivity index (χ4v) is 2.16. The molecule has 0 aliphatic rings. The van der Waals surface area contributed by atoms with Crippen LogP contribution in [0, 0.1) is 5.92 Å². The van der Waals surface area contributed by atoms with E-state index in [1.54, 1.807) is 0 Å². The fraction of sp³-hybridized carbons (Fsp3) is 0.438. The summed E-state index contributed by atoms with van der Waals surface area (Å²) in [6.45, 7) is 7.59. The lowest BCUT2D eigenvalue weighted by atomic mass is 10.2. The Morgan fingerprint density at radius 1 is 1.24 bits per heavy atom. The van der Waals surface area contributed by atoms with Crippen LogP contribution in [0.4, 0.5) is 0 Å². The molecule has 0 unspecified atom stereocenters. The van der Waals surface area contributed by atoms with Gasteiger partial charge in [0.05, 0.1) is 12.2 Å². The van der Waals surface area contributed by atoms with Gasteiger partial charge in [-0.3, -0.25) is 4.68 Å². The average molecular weight is 352 g/mol. The Morgan fingerprint density at radius 2 is 2.00 bits per heavy atom. The van der Waals surface area contributed by atoms with Gasteiger partial charge in [-0.25, -0.2) is 0 Å². The molecule has 0 saturated heterocycles. The maximum Gasteiger partial charge on any atom is 0.119 e. The largest absolute Gasteiger partial charge is 0.492 e. The molecule has 0 saturated carbocycles. The van der Waals surface area contributed by atoms with Gasteiger partial charge in [0.15, 0.2) is 0 Å². The second-order valence-electron chi connectivity index (χ2n) is 5.40. The van der Waals surface area contributed by atoms with Gasteiger partial charge in [0.1, 0.15) is 12.4 Å². The van der Waals surface area contributed by atoms with Crippen LogP contribution >= 0.6 is 15.9 Å². The van der Waals surface area contributed by atoms with Crippen molar-refractivity contribution in [3.8, 4) is 5.75 Å². The standard InChI is InChI=1S/C16H22BrN3O/c1-13(2)11-18-12-15-7-8-20(19-15)9-10-21-16-5-3-14(17)4-6-16/h3-8,13,18H,9-12H2,1-2H3. The Hall–Kier alpha value is -1.33. The molecule has 0 bridgehead atoms. The predicted molar refractivity (Wildman–Crippen MR) is 88.4 cm³/mol. The molecule has 1 N–H and O–H groups in total. The van der Waals surface area contributed by atoms with Crippen molar-refractivity contribution in [2.24, 2.45) is 5.92 Å². The van der Waals surface area contributed by atoms with Gasteiger partial charge in [-0.2, -0.15) is 5.10 Å². The van der Waals surface area contributed by atoms with E-state index in [4.69, 9.17) is 4.74 Å². The number of nitrogens with zero attached hydrogens (tertiary/aromatic N) is 2. The van der Waals surface area contributed by atoms with Crippen molar-refractivity contribution in [2.75, 3.05) is 13.2 Å². The molecule has 0 amide bonds. The molecule has 2 rings (SSSR count). The highest BCUT2D eigenvalue weighted by atomic mass is 79.9. The van der Waals surface area contributed by atoms with Gasteiger partial charge >= 0.3 is 0 Å². The molecule has 1 aromatic heterocycles. The van der Waals surface area contributed by atoms with Crippen LogP contribution in [-0.2, 0) is 13.1 Å². The monoisotopic (exact) mass is 351 g/mol. The molecule has 21 heavy (non-hydrogen) atoms. The van der Waals surface area contributed by atoms with E-state index < -0.39 is 0 Å². The maximum atomic E-state index is 5.69. The summed E-state index contributed by atoms with van der Waals surface area (Å²) in [5.41, 5.74) is 1.07. The second kappa shape index (κ2) is 8.20. The molecule has 5 heteroatoms. The summed E-state index contributed by atoms with van der Waals surface area (Å²) in [4.78, 5) is 0. The third kappa shape index (κ3) is 5.89. The zero-order valence-corrected chi connectivity index (χ0v) is 14.1. The van der Waals surface area contributed by atoms with Crippen molar-refractivity contribution < 1.29 is 4.74 Å². The SMILES string of the molecule is CC(C)CNCc1ccn(CCOc2ccc(Br)cc2)n1. The van der Waals surface area contributed by atoms with Gasteiger partial charge in [-0.1, -0.05) is 29.8 Å². The van der Waals surface area contributed by atoms with E-state index in [9.17, 15) is 0 Å². The summed E-state index contributed by atoms with van der Waals surface area (Å²) in [6, 6.07) is 9.90. The summed E-state index contributed by atoms with van der Waals surface area (Å²) < 4.78 is 8.67. The van der Waals surface area contributed by atoms with Crippen LogP contribution in [0.5, 0.6) is 5.75 Å². The summed E-state index contributed by atoms with van der Waals surface area (Å²) in [6.07, 6.45) is 2.00. The average Bonchev–Trinajstić information content (AvgIpc) is 2.88. The van der Waals surface area contributed by atoms with E-state index in [0.717, 1.165) is 35.6 Å². The zero-order valence-electron chi connectivity index (χ0n) is 12.6. The van der Waals surface area contributed by atoms with Gasteiger partial charge in [-0.15, -0.1) is 0 Å². The minimum absolute atomic E-state index is 0.613. The Kier molecular flexibility index (Phi) is 6.26. The third-order valence-electron chi connectivity index (χ3n) is 2.96. The Morgan fingerprint density at radius 3 is 2.71 bits per heavy atom. The lowest BCUT2D eigenvalue weighted by molar-refractivity contribution is 0.291. The highest BCUT2D eigenvalue weighted by Crippen LogP contribution is 2.15. The lowest BCUT2D eigenvalue weighted by Gasteiger charge is -2.07. The van der Waals surface area contributed by atoms with Crippen molar-refractivity contribution in [1.29, 1.82) is 0 Å². The number of halogens is 1. The van der Waals surface area contributed by atoms with Crippen LogP contribution in [0.25, 0.3) is 0 Å². The van der Waals surface area contributed by atoms with Crippen LogP contribution < -0.4 is 10.1 Å². The highest BCUT2D eigenvalue weighted by Gasteiger charge is 2.00. The topological polar surface area (TPSA) is 39.1 Å². The number of aromatic nitrogens is 2. The van der Waals surface area contributed by atoms with Crippen molar-refractivity contribution >= 4 is 15.9 Å². The number of ether oxygens (including phenoxy) is 1. The molecule has 0 atom stereocenters.